The van der Waals surface area contributed by atoms with E-state index < -0.39 is 70.8 Å². The lowest BCUT2D eigenvalue weighted by molar-refractivity contribution is -0.144. The lowest BCUT2D eigenvalue weighted by Gasteiger charge is -2.28. The summed E-state index contributed by atoms with van der Waals surface area (Å²) in [4.78, 5) is 42.4. The molecule has 2 heterocycles. The molecule has 3 aromatic rings. The van der Waals surface area contributed by atoms with Crippen LogP contribution in [0.2, 0.25) is 0 Å². The van der Waals surface area contributed by atoms with E-state index in [0.717, 1.165) is 27.5 Å². The summed E-state index contributed by atoms with van der Waals surface area (Å²) in [5.74, 6) is -4.42. The molecule has 1 aromatic heterocycles. The molecule has 272 valence electrons. The smallest absolute Gasteiger partial charge is 0.416 e. The molecule has 7 nitrogen and oxygen atoms in total. The number of carbonyl (C=O) groups excluding carboxylic acids is 2. The Morgan fingerprint density at radius 1 is 1.00 bits per heavy atom. The topological polar surface area (TPSA) is 80.6 Å². The van der Waals surface area contributed by atoms with Crippen LogP contribution in [0, 0.1) is 45.2 Å². The van der Waals surface area contributed by atoms with Gasteiger partial charge < -0.3 is 19.5 Å². The maximum absolute atomic E-state index is 16.7. The minimum atomic E-state index is -4.80. The molecule has 2 aromatic carbocycles. The van der Waals surface area contributed by atoms with Gasteiger partial charge in [0.05, 0.1) is 24.6 Å². The average Bonchev–Trinajstić information content (AvgIpc) is 3.43. The highest BCUT2D eigenvalue weighted by Gasteiger charge is 2.39. The summed E-state index contributed by atoms with van der Waals surface area (Å²) >= 11 is 0. The maximum Gasteiger partial charge on any atom is 0.416 e. The third-order valence-corrected chi connectivity index (χ3v) is 9.29. The Bertz CT molecular complexity index is 1790. The molecule has 1 fully saturated rings. The van der Waals surface area contributed by atoms with Crippen LogP contribution < -0.4 is 10.9 Å². The fourth-order valence-corrected chi connectivity index (χ4v) is 7.13. The molecule has 1 N–H and O–H groups in total. The lowest BCUT2D eigenvalue weighted by atomic mass is 9.88. The number of halogens is 5. The standard InChI is InChI=1S/C38H46F5N3O4/c1-9-50-32(48)17-29(34-35(39)24(7)15-26(36(34)40)33-22(5)13-21(4)14-23(33)6)44-37(49)30(12-20(2)3)46-19-27(25-10-11-45(8)18-25)28(16-31(46)47)38(41,42)43/h13-16,19-20,25,29-30H,9-12,17-18H2,1-8H3,(H,44,49)/t25?,29-,30-/m0/s1. The zero-order chi connectivity index (χ0) is 37.2. The lowest BCUT2D eigenvalue weighted by Crippen LogP contribution is -2.41. The molecule has 1 amide bonds. The SMILES string of the molecule is CCOC(=O)C[C@H](NC(=O)[C@H](CC(C)C)n1cc(C2CCN(C)C2)c(C(F)(F)F)cc1=O)c1c(F)c(C)cc(-c2c(C)cc(C)cc2C)c1F. The van der Waals surface area contributed by atoms with Crippen molar-refractivity contribution in [1.29, 1.82) is 0 Å². The van der Waals surface area contributed by atoms with Crippen LogP contribution in [-0.4, -0.2) is 48.1 Å². The monoisotopic (exact) mass is 703 g/mol. The molecule has 0 aliphatic carbocycles. The van der Waals surface area contributed by atoms with Crippen molar-refractivity contribution in [3.8, 4) is 11.1 Å². The molecule has 50 heavy (non-hydrogen) atoms. The molecular weight excluding hydrogens is 657 g/mol. The second-order valence-corrected chi connectivity index (χ2v) is 13.9. The Labute approximate surface area is 289 Å². The maximum atomic E-state index is 16.7. The van der Waals surface area contributed by atoms with Crippen molar-refractivity contribution in [1.82, 2.24) is 14.8 Å². The average molecular weight is 704 g/mol. The van der Waals surface area contributed by atoms with E-state index in [9.17, 15) is 27.6 Å². The largest absolute Gasteiger partial charge is 0.466 e. The predicted octanol–water partition coefficient (Wildman–Crippen LogP) is 7.86. The van der Waals surface area contributed by atoms with Crippen LogP contribution in [0.15, 0.2) is 35.3 Å². The number of aromatic nitrogens is 1. The first-order chi connectivity index (χ1) is 23.3. The summed E-state index contributed by atoms with van der Waals surface area (Å²) in [6.45, 7) is 12.9. The Kier molecular flexibility index (Phi) is 12.0. The van der Waals surface area contributed by atoms with Gasteiger partial charge in [0.25, 0.3) is 5.56 Å². The van der Waals surface area contributed by atoms with Gasteiger partial charge in [0.15, 0.2) is 0 Å². The number of likely N-dealkylation sites (tertiary alicyclic amines) is 1. The minimum Gasteiger partial charge on any atom is -0.466 e. The molecule has 3 atom stereocenters. The molecule has 0 bridgehead atoms. The first-order valence-electron chi connectivity index (χ1n) is 16.9. The predicted molar refractivity (Wildman–Crippen MR) is 182 cm³/mol. The Balaban J connectivity index is 1.88. The number of hydrogen-bond donors (Lipinski definition) is 1. The van der Waals surface area contributed by atoms with Gasteiger partial charge in [0, 0.05) is 29.9 Å². The number of esters is 1. The molecule has 0 radical (unpaired) electrons. The number of rotatable bonds is 11. The second-order valence-electron chi connectivity index (χ2n) is 13.9. The van der Waals surface area contributed by atoms with Crippen LogP contribution in [0.3, 0.4) is 0 Å². The normalized spacial score (nSPS) is 16.5. The van der Waals surface area contributed by atoms with Gasteiger partial charge in [-0.15, -0.1) is 0 Å². The van der Waals surface area contributed by atoms with Crippen molar-refractivity contribution in [2.75, 3.05) is 26.7 Å². The van der Waals surface area contributed by atoms with Gasteiger partial charge in [-0.05, 0) is 107 Å². The summed E-state index contributed by atoms with van der Waals surface area (Å²) in [6, 6.07) is 2.71. The molecule has 1 saturated heterocycles. The fourth-order valence-electron chi connectivity index (χ4n) is 7.13. The number of nitrogens with zero attached hydrogens (tertiary/aromatic N) is 2. The van der Waals surface area contributed by atoms with Crippen LogP contribution in [-0.2, 0) is 20.5 Å². The molecule has 1 unspecified atom stereocenters. The highest BCUT2D eigenvalue weighted by Crippen LogP contribution is 2.39. The number of ether oxygens (including phenoxy) is 1. The van der Waals surface area contributed by atoms with Gasteiger partial charge in [-0.2, -0.15) is 13.2 Å². The van der Waals surface area contributed by atoms with Crippen molar-refractivity contribution in [2.24, 2.45) is 5.92 Å². The van der Waals surface area contributed by atoms with E-state index in [-0.39, 0.29) is 35.6 Å². The zero-order valence-electron chi connectivity index (χ0n) is 29.9. The zero-order valence-corrected chi connectivity index (χ0v) is 29.9. The third-order valence-electron chi connectivity index (χ3n) is 9.29. The summed E-state index contributed by atoms with van der Waals surface area (Å²) in [5, 5.41) is 2.61. The van der Waals surface area contributed by atoms with Crippen molar-refractivity contribution < 1.29 is 36.3 Å². The highest BCUT2D eigenvalue weighted by molar-refractivity contribution is 5.82. The summed E-state index contributed by atoms with van der Waals surface area (Å²) < 4.78 is 81.5. The highest BCUT2D eigenvalue weighted by atomic mass is 19.4. The van der Waals surface area contributed by atoms with Crippen molar-refractivity contribution in [3.05, 3.63) is 91.4 Å². The van der Waals surface area contributed by atoms with Crippen molar-refractivity contribution >= 4 is 11.9 Å². The molecule has 0 saturated carbocycles. The Morgan fingerprint density at radius 3 is 2.18 bits per heavy atom. The van der Waals surface area contributed by atoms with E-state index in [0.29, 0.717) is 31.1 Å². The molecule has 12 heteroatoms. The summed E-state index contributed by atoms with van der Waals surface area (Å²) in [6.07, 6.45) is -3.90. The van der Waals surface area contributed by atoms with E-state index in [1.54, 1.807) is 41.7 Å². The first kappa shape index (κ1) is 38.7. The van der Waals surface area contributed by atoms with E-state index in [4.69, 9.17) is 4.74 Å². The fraction of sp³-hybridized carbons (Fsp3) is 0.500. The van der Waals surface area contributed by atoms with Gasteiger partial charge in [0.1, 0.15) is 17.7 Å². The van der Waals surface area contributed by atoms with Crippen LogP contribution in [0.4, 0.5) is 22.0 Å². The summed E-state index contributed by atoms with van der Waals surface area (Å²) in [7, 11) is 1.79. The third kappa shape index (κ3) is 8.45. The first-order valence-corrected chi connectivity index (χ1v) is 16.9. The van der Waals surface area contributed by atoms with Gasteiger partial charge in [0.2, 0.25) is 5.91 Å². The van der Waals surface area contributed by atoms with Gasteiger partial charge in [-0.25, -0.2) is 8.78 Å². The van der Waals surface area contributed by atoms with Gasteiger partial charge >= 0.3 is 12.1 Å². The van der Waals surface area contributed by atoms with E-state index >= 15 is 8.78 Å². The minimum absolute atomic E-state index is 0.0129. The van der Waals surface area contributed by atoms with E-state index in [2.05, 4.69) is 5.32 Å². The van der Waals surface area contributed by atoms with Crippen LogP contribution in [0.1, 0.15) is 97.0 Å². The Hall–Kier alpha value is -4.06. The summed E-state index contributed by atoms with van der Waals surface area (Å²) in [5.41, 5.74) is 0.375. The van der Waals surface area contributed by atoms with Crippen LogP contribution in [0.25, 0.3) is 11.1 Å². The number of hydrogen-bond acceptors (Lipinski definition) is 5. The van der Waals surface area contributed by atoms with Crippen LogP contribution in [0.5, 0.6) is 0 Å². The number of aryl methyl sites for hydroxylation is 4. The van der Waals surface area contributed by atoms with Crippen molar-refractivity contribution in [2.45, 2.75) is 91.9 Å². The molecular formula is C38H46F5N3O4. The molecule has 1 aliphatic heterocycles. The Morgan fingerprint density at radius 2 is 1.64 bits per heavy atom. The number of carbonyl (C=O) groups is 2. The molecule has 1 aliphatic rings. The number of nitrogens with one attached hydrogen (secondary N) is 1. The number of alkyl halides is 3. The van der Waals surface area contributed by atoms with Gasteiger partial charge in [-0.3, -0.25) is 14.4 Å². The van der Waals surface area contributed by atoms with E-state index in [1.807, 2.05) is 24.0 Å². The molecule has 0 spiro atoms. The molecule has 4 rings (SSSR count). The van der Waals surface area contributed by atoms with Crippen LogP contribution >= 0.6 is 0 Å². The van der Waals surface area contributed by atoms with E-state index in [1.165, 1.54) is 13.0 Å². The van der Waals surface area contributed by atoms with Gasteiger partial charge in [-0.1, -0.05) is 31.5 Å². The quantitative estimate of drug-likeness (QED) is 0.163. The second kappa shape index (κ2) is 15.4. The number of benzene rings is 2. The number of amides is 1. The number of likely N-dealkylation sites (N-methyl/N-ethyl adjacent to an activating group) is 1. The van der Waals surface area contributed by atoms with Crippen molar-refractivity contribution in [3.63, 3.8) is 0 Å². The number of pyridine rings is 1.